The molecule has 8 nitrogen and oxygen atoms in total. The van der Waals surface area contributed by atoms with E-state index in [2.05, 4.69) is 9.97 Å². The monoisotopic (exact) mass is 407 g/mol. The molecule has 0 saturated carbocycles. The molecule has 0 amide bonds. The maximum Gasteiger partial charge on any atom is 0.339 e. The number of esters is 1. The van der Waals surface area contributed by atoms with E-state index in [1.54, 1.807) is 6.92 Å². The number of aromatic nitrogens is 2. The van der Waals surface area contributed by atoms with Crippen LogP contribution in [0, 0.1) is 24.0 Å². The van der Waals surface area contributed by atoms with Crippen LogP contribution in [0.4, 0.5) is 5.69 Å². The standard InChI is InChI=1S/C17H14ClN3O5S/c1-7-9(3)27-16-13(7)15(22)19-14(20-16)8(2)26-17(23)10-4-5-11(18)12(6-10)21(24)25/h4-6,8H,1-3H3,(H,19,20,22)/t8-/m0/s1. The fraction of sp³-hybridized carbons (Fsp3) is 0.235. The Morgan fingerprint density at radius 1 is 1.41 bits per heavy atom. The van der Waals surface area contributed by atoms with Crippen LogP contribution in [-0.2, 0) is 4.74 Å². The number of nitrogens with zero attached hydrogens (tertiary/aromatic N) is 2. The molecule has 0 bridgehead atoms. The number of aryl methyl sites for hydroxylation is 2. The van der Waals surface area contributed by atoms with Crippen molar-refractivity contribution in [3.63, 3.8) is 0 Å². The van der Waals surface area contributed by atoms with E-state index in [0.29, 0.717) is 10.2 Å². The van der Waals surface area contributed by atoms with Gasteiger partial charge in [-0.25, -0.2) is 9.78 Å². The van der Waals surface area contributed by atoms with Gasteiger partial charge in [-0.15, -0.1) is 11.3 Å². The van der Waals surface area contributed by atoms with Crippen LogP contribution in [0.3, 0.4) is 0 Å². The van der Waals surface area contributed by atoms with Crippen LogP contribution in [-0.4, -0.2) is 20.9 Å². The number of hydrogen-bond donors (Lipinski definition) is 1. The lowest BCUT2D eigenvalue weighted by Crippen LogP contribution is -2.17. The summed E-state index contributed by atoms with van der Waals surface area (Å²) in [4.78, 5) is 43.5. The van der Waals surface area contributed by atoms with E-state index in [1.807, 2.05) is 13.8 Å². The summed E-state index contributed by atoms with van der Waals surface area (Å²) in [5.74, 6) is -0.589. The Bertz CT molecular complexity index is 1140. The molecule has 1 aromatic carbocycles. The third-order valence-electron chi connectivity index (χ3n) is 4.10. The third kappa shape index (κ3) is 3.56. The quantitative estimate of drug-likeness (QED) is 0.395. The number of ether oxygens (including phenoxy) is 1. The van der Waals surface area contributed by atoms with Crippen LogP contribution in [0.5, 0.6) is 0 Å². The van der Waals surface area contributed by atoms with Crippen molar-refractivity contribution in [3.8, 4) is 0 Å². The van der Waals surface area contributed by atoms with Crippen molar-refractivity contribution in [1.29, 1.82) is 0 Å². The minimum absolute atomic E-state index is 0.0239. The number of thiophene rings is 1. The first-order valence-corrected chi connectivity index (χ1v) is 9.03. The lowest BCUT2D eigenvalue weighted by Gasteiger charge is -2.12. The van der Waals surface area contributed by atoms with Gasteiger partial charge >= 0.3 is 5.97 Å². The molecule has 0 radical (unpaired) electrons. The maximum atomic E-state index is 12.3. The number of hydrogen-bond acceptors (Lipinski definition) is 7. The molecular formula is C17H14ClN3O5S. The van der Waals surface area contributed by atoms with Crippen LogP contribution in [0.25, 0.3) is 10.2 Å². The van der Waals surface area contributed by atoms with Gasteiger partial charge in [0.25, 0.3) is 11.2 Å². The highest BCUT2D eigenvalue weighted by Gasteiger charge is 2.21. The molecule has 140 valence electrons. The highest BCUT2D eigenvalue weighted by molar-refractivity contribution is 7.18. The Hall–Kier alpha value is -2.78. The number of nitro groups is 1. The van der Waals surface area contributed by atoms with Gasteiger partial charge in [0, 0.05) is 10.9 Å². The number of nitrogens with one attached hydrogen (secondary N) is 1. The molecule has 10 heteroatoms. The normalized spacial score (nSPS) is 12.1. The van der Waals surface area contributed by atoms with E-state index >= 15 is 0 Å². The first kappa shape index (κ1) is 19.0. The van der Waals surface area contributed by atoms with Gasteiger partial charge in [0.15, 0.2) is 11.9 Å². The van der Waals surface area contributed by atoms with Crippen molar-refractivity contribution >= 4 is 44.8 Å². The van der Waals surface area contributed by atoms with Gasteiger partial charge in [-0.1, -0.05) is 11.6 Å². The Morgan fingerprint density at radius 3 is 2.78 bits per heavy atom. The predicted octanol–water partition coefficient (Wildman–Crippen LogP) is 4.08. The summed E-state index contributed by atoms with van der Waals surface area (Å²) in [6.45, 7) is 5.30. The minimum atomic E-state index is -0.855. The smallest absolute Gasteiger partial charge is 0.339 e. The van der Waals surface area contributed by atoms with Crippen molar-refractivity contribution < 1.29 is 14.5 Å². The lowest BCUT2D eigenvalue weighted by atomic mass is 10.2. The number of aromatic amines is 1. The molecule has 3 rings (SSSR count). The Kier molecular flexibility index (Phi) is 4.99. The average molecular weight is 408 g/mol. The lowest BCUT2D eigenvalue weighted by molar-refractivity contribution is -0.384. The molecule has 3 aromatic rings. The second-order valence-corrected chi connectivity index (χ2v) is 7.50. The average Bonchev–Trinajstić information content (AvgIpc) is 2.89. The molecule has 27 heavy (non-hydrogen) atoms. The molecule has 0 aliphatic heterocycles. The summed E-state index contributed by atoms with van der Waals surface area (Å²) < 4.78 is 5.31. The van der Waals surface area contributed by atoms with E-state index in [4.69, 9.17) is 16.3 Å². The van der Waals surface area contributed by atoms with E-state index in [9.17, 15) is 19.7 Å². The zero-order valence-corrected chi connectivity index (χ0v) is 16.1. The number of rotatable bonds is 4. The minimum Gasteiger partial charge on any atom is -0.451 e. The number of halogens is 1. The number of benzene rings is 1. The number of fused-ring (bicyclic) bond motifs is 1. The molecule has 1 N–H and O–H groups in total. The topological polar surface area (TPSA) is 115 Å². The van der Waals surface area contributed by atoms with Crippen LogP contribution < -0.4 is 5.56 Å². The van der Waals surface area contributed by atoms with Crippen molar-refractivity contribution in [2.75, 3.05) is 0 Å². The predicted molar refractivity (Wildman–Crippen MR) is 102 cm³/mol. The number of carbonyl (C=O) groups is 1. The van der Waals surface area contributed by atoms with Crippen LogP contribution in [0.1, 0.15) is 39.7 Å². The molecule has 2 aromatic heterocycles. The summed E-state index contributed by atoms with van der Waals surface area (Å²) in [5, 5.41) is 11.4. The molecule has 0 saturated heterocycles. The molecule has 0 fully saturated rings. The van der Waals surface area contributed by atoms with E-state index in [1.165, 1.54) is 23.5 Å². The fourth-order valence-corrected chi connectivity index (χ4v) is 3.75. The molecule has 0 aliphatic rings. The highest BCUT2D eigenvalue weighted by Crippen LogP contribution is 2.28. The number of carbonyl (C=O) groups excluding carboxylic acids is 1. The maximum absolute atomic E-state index is 12.3. The third-order valence-corrected chi connectivity index (χ3v) is 5.53. The van der Waals surface area contributed by atoms with E-state index < -0.39 is 22.7 Å². The van der Waals surface area contributed by atoms with Crippen molar-refractivity contribution in [2.45, 2.75) is 26.9 Å². The summed E-state index contributed by atoms with van der Waals surface area (Å²) in [7, 11) is 0. The van der Waals surface area contributed by atoms with Crippen molar-refractivity contribution in [3.05, 3.63) is 65.5 Å². The molecule has 1 atom stereocenters. The van der Waals surface area contributed by atoms with Crippen LogP contribution >= 0.6 is 22.9 Å². The van der Waals surface area contributed by atoms with Crippen molar-refractivity contribution in [1.82, 2.24) is 9.97 Å². The van der Waals surface area contributed by atoms with Gasteiger partial charge < -0.3 is 9.72 Å². The molecule has 0 spiro atoms. The second-order valence-electron chi connectivity index (χ2n) is 5.89. The second kappa shape index (κ2) is 7.09. The Morgan fingerprint density at radius 2 is 2.11 bits per heavy atom. The van der Waals surface area contributed by atoms with Crippen LogP contribution in [0.15, 0.2) is 23.0 Å². The first-order valence-electron chi connectivity index (χ1n) is 7.84. The summed E-state index contributed by atoms with van der Waals surface area (Å²) in [6.07, 6.45) is -0.855. The van der Waals surface area contributed by atoms with E-state index in [-0.39, 0.29) is 22.0 Å². The summed E-state index contributed by atoms with van der Waals surface area (Å²) in [5.41, 5.74) is 0.149. The van der Waals surface area contributed by atoms with Gasteiger partial charge in [0.2, 0.25) is 0 Å². The SMILES string of the molecule is Cc1sc2nc([C@H](C)OC(=O)c3ccc(Cl)c([N+](=O)[O-])c3)[nH]c(=O)c2c1C. The Labute approximate surface area is 161 Å². The largest absolute Gasteiger partial charge is 0.451 e. The molecular weight excluding hydrogens is 394 g/mol. The zero-order valence-electron chi connectivity index (χ0n) is 14.5. The first-order chi connectivity index (χ1) is 12.7. The van der Waals surface area contributed by atoms with Gasteiger partial charge in [-0.3, -0.25) is 14.9 Å². The van der Waals surface area contributed by atoms with Gasteiger partial charge in [-0.05, 0) is 38.5 Å². The Balaban J connectivity index is 1.89. The van der Waals surface area contributed by atoms with Gasteiger partial charge in [0.1, 0.15) is 9.85 Å². The molecule has 0 aliphatic carbocycles. The number of H-pyrrole nitrogens is 1. The van der Waals surface area contributed by atoms with Gasteiger partial charge in [-0.2, -0.15) is 0 Å². The zero-order chi connectivity index (χ0) is 19.9. The number of nitro benzene ring substituents is 1. The molecule has 0 unspecified atom stereocenters. The fourth-order valence-electron chi connectivity index (χ4n) is 2.53. The molecule has 2 heterocycles. The van der Waals surface area contributed by atoms with Crippen LogP contribution in [0.2, 0.25) is 5.02 Å². The van der Waals surface area contributed by atoms with Gasteiger partial charge in [0.05, 0.1) is 15.9 Å². The highest BCUT2D eigenvalue weighted by atomic mass is 35.5. The van der Waals surface area contributed by atoms with E-state index in [0.717, 1.165) is 16.5 Å². The van der Waals surface area contributed by atoms with Crippen molar-refractivity contribution in [2.24, 2.45) is 0 Å². The summed E-state index contributed by atoms with van der Waals surface area (Å²) in [6, 6.07) is 3.63. The summed E-state index contributed by atoms with van der Waals surface area (Å²) >= 11 is 7.13.